The molecular formula is C15H16ClNO2. The lowest BCUT2D eigenvalue weighted by Gasteiger charge is -2.12. The first-order valence-electron chi connectivity index (χ1n) is 5.93. The van der Waals surface area contributed by atoms with E-state index in [1.54, 1.807) is 14.2 Å². The number of hydrogen-bond donors (Lipinski definition) is 1. The molecule has 1 N–H and O–H groups in total. The summed E-state index contributed by atoms with van der Waals surface area (Å²) in [6.45, 7) is 0.640. The quantitative estimate of drug-likeness (QED) is 0.897. The van der Waals surface area contributed by atoms with E-state index in [4.69, 9.17) is 21.1 Å². The second-order valence-electron chi connectivity index (χ2n) is 4.04. The van der Waals surface area contributed by atoms with Crippen molar-refractivity contribution in [2.24, 2.45) is 0 Å². The van der Waals surface area contributed by atoms with Crippen LogP contribution >= 0.6 is 11.6 Å². The van der Waals surface area contributed by atoms with Crippen molar-refractivity contribution in [2.45, 2.75) is 6.54 Å². The zero-order valence-corrected chi connectivity index (χ0v) is 11.7. The zero-order chi connectivity index (χ0) is 13.7. The van der Waals surface area contributed by atoms with Crippen LogP contribution in [0.5, 0.6) is 11.5 Å². The SMILES string of the molecule is COc1ccc(OC)c(CNc2cccc(Cl)c2)c1. The summed E-state index contributed by atoms with van der Waals surface area (Å²) in [5.74, 6) is 1.64. The highest BCUT2D eigenvalue weighted by molar-refractivity contribution is 6.30. The van der Waals surface area contributed by atoms with Crippen molar-refractivity contribution in [3.8, 4) is 11.5 Å². The smallest absolute Gasteiger partial charge is 0.124 e. The standard InChI is InChI=1S/C15H16ClNO2/c1-18-14-6-7-15(19-2)11(8-14)10-17-13-5-3-4-12(16)9-13/h3-9,17H,10H2,1-2H3. The van der Waals surface area contributed by atoms with Gasteiger partial charge in [0.15, 0.2) is 0 Å². The summed E-state index contributed by atoms with van der Waals surface area (Å²) in [6, 6.07) is 13.3. The maximum atomic E-state index is 5.95. The molecule has 0 aliphatic carbocycles. The third-order valence-electron chi connectivity index (χ3n) is 2.80. The Kier molecular flexibility index (Phi) is 4.53. The van der Waals surface area contributed by atoms with Crippen LogP contribution in [0.4, 0.5) is 5.69 Å². The second-order valence-corrected chi connectivity index (χ2v) is 4.48. The van der Waals surface area contributed by atoms with Crippen LogP contribution in [0.2, 0.25) is 5.02 Å². The molecule has 0 amide bonds. The lowest BCUT2D eigenvalue weighted by molar-refractivity contribution is 0.399. The van der Waals surface area contributed by atoms with Gasteiger partial charge in [-0.05, 0) is 36.4 Å². The van der Waals surface area contributed by atoms with Crippen molar-refractivity contribution < 1.29 is 9.47 Å². The zero-order valence-electron chi connectivity index (χ0n) is 10.9. The number of rotatable bonds is 5. The molecule has 3 nitrogen and oxygen atoms in total. The van der Waals surface area contributed by atoms with Crippen LogP contribution in [0.3, 0.4) is 0 Å². The van der Waals surface area contributed by atoms with Crippen molar-refractivity contribution in [3.63, 3.8) is 0 Å². The number of hydrogen-bond acceptors (Lipinski definition) is 3. The van der Waals surface area contributed by atoms with E-state index in [2.05, 4.69) is 5.32 Å². The van der Waals surface area contributed by atoms with Crippen molar-refractivity contribution >= 4 is 17.3 Å². The maximum absolute atomic E-state index is 5.95. The first-order valence-corrected chi connectivity index (χ1v) is 6.31. The first kappa shape index (κ1) is 13.6. The lowest BCUT2D eigenvalue weighted by Crippen LogP contribution is -2.02. The molecule has 0 saturated carbocycles. The Hall–Kier alpha value is -1.87. The van der Waals surface area contributed by atoms with Gasteiger partial charge in [-0.1, -0.05) is 17.7 Å². The molecular weight excluding hydrogens is 262 g/mol. The van der Waals surface area contributed by atoms with Crippen molar-refractivity contribution in [2.75, 3.05) is 19.5 Å². The molecule has 2 aromatic carbocycles. The van der Waals surface area contributed by atoms with Crippen molar-refractivity contribution in [1.29, 1.82) is 0 Å². The molecule has 4 heteroatoms. The molecule has 100 valence electrons. The minimum Gasteiger partial charge on any atom is -0.497 e. The number of ether oxygens (including phenoxy) is 2. The number of halogens is 1. The molecule has 0 aliphatic heterocycles. The van der Waals surface area contributed by atoms with E-state index >= 15 is 0 Å². The van der Waals surface area contributed by atoms with Crippen LogP contribution in [0.15, 0.2) is 42.5 Å². The maximum Gasteiger partial charge on any atom is 0.124 e. The number of benzene rings is 2. The van der Waals surface area contributed by atoms with Crippen LogP contribution in [0.25, 0.3) is 0 Å². The lowest BCUT2D eigenvalue weighted by atomic mass is 10.2. The summed E-state index contributed by atoms with van der Waals surface area (Å²) in [5.41, 5.74) is 2.00. The Morgan fingerprint density at radius 3 is 2.58 bits per heavy atom. The fraction of sp³-hybridized carbons (Fsp3) is 0.200. The minimum absolute atomic E-state index is 0.640. The molecule has 0 radical (unpaired) electrons. The average molecular weight is 278 g/mol. The number of methoxy groups -OCH3 is 2. The van der Waals surface area contributed by atoms with E-state index in [0.29, 0.717) is 11.6 Å². The monoisotopic (exact) mass is 277 g/mol. The van der Waals surface area contributed by atoms with Gasteiger partial charge >= 0.3 is 0 Å². The third kappa shape index (κ3) is 3.55. The van der Waals surface area contributed by atoms with Crippen LogP contribution in [-0.2, 0) is 6.54 Å². The van der Waals surface area contributed by atoms with Gasteiger partial charge in [0.25, 0.3) is 0 Å². The van der Waals surface area contributed by atoms with Crippen LogP contribution < -0.4 is 14.8 Å². The highest BCUT2D eigenvalue weighted by atomic mass is 35.5. The largest absolute Gasteiger partial charge is 0.497 e. The summed E-state index contributed by atoms with van der Waals surface area (Å²) >= 11 is 5.95. The highest BCUT2D eigenvalue weighted by Crippen LogP contribution is 2.25. The van der Waals surface area contributed by atoms with E-state index < -0.39 is 0 Å². The average Bonchev–Trinajstić information content (AvgIpc) is 2.45. The number of nitrogens with one attached hydrogen (secondary N) is 1. The van der Waals surface area contributed by atoms with Gasteiger partial charge in [0.05, 0.1) is 14.2 Å². The van der Waals surface area contributed by atoms with Gasteiger partial charge in [0.2, 0.25) is 0 Å². The molecule has 0 heterocycles. The van der Waals surface area contributed by atoms with Crippen molar-refractivity contribution in [1.82, 2.24) is 0 Å². The van der Waals surface area contributed by atoms with Gasteiger partial charge in [0.1, 0.15) is 11.5 Å². The Bertz CT molecular complexity index is 558. The predicted molar refractivity (Wildman–Crippen MR) is 78.3 cm³/mol. The molecule has 0 bridgehead atoms. The van der Waals surface area contributed by atoms with E-state index in [1.165, 1.54) is 0 Å². The van der Waals surface area contributed by atoms with Crippen LogP contribution in [0, 0.1) is 0 Å². The molecule has 0 saturated heterocycles. The Morgan fingerprint density at radius 2 is 1.89 bits per heavy atom. The summed E-state index contributed by atoms with van der Waals surface area (Å²) in [5, 5.41) is 4.02. The van der Waals surface area contributed by atoms with Crippen molar-refractivity contribution in [3.05, 3.63) is 53.1 Å². The Morgan fingerprint density at radius 1 is 1.05 bits per heavy atom. The van der Waals surface area contributed by atoms with Crippen LogP contribution in [0.1, 0.15) is 5.56 Å². The summed E-state index contributed by atoms with van der Waals surface area (Å²) in [7, 11) is 3.31. The van der Waals surface area contributed by atoms with E-state index in [1.807, 2.05) is 42.5 Å². The molecule has 19 heavy (non-hydrogen) atoms. The fourth-order valence-corrected chi connectivity index (χ4v) is 2.01. The topological polar surface area (TPSA) is 30.5 Å². The third-order valence-corrected chi connectivity index (χ3v) is 3.03. The van der Waals surface area contributed by atoms with E-state index in [0.717, 1.165) is 22.7 Å². The normalized spacial score (nSPS) is 10.1. The highest BCUT2D eigenvalue weighted by Gasteiger charge is 2.05. The molecule has 2 rings (SSSR count). The molecule has 0 aliphatic rings. The molecule has 0 spiro atoms. The summed E-state index contributed by atoms with van der Waals surface area (Å²) < 4.78 is 10.6. The fourth-order valence-electron chi connectivity index (χ4n) is 1.82. The van der Waals surface area contributed by atoms with Gasteiger partial charge in [-0.25, -0.2) is 0 Å². The van der Waals surface area contributed by atoms with E-state index in [-0.39, 0.29) is 0 Å². The summed E-state index contributed by atoms with van der Waals surface area (Å²) in [6.07, 6.45) is 0. The second kappa shape index (κ2) is 6.34. The predicted octanol–water partition coefficient (Wildman–Crippen LogP) is 3.97. The van der Waals surface area contributed by atoms with Crippen LogP contribution in [-0.4, -0.2) is 14.2 Å². The van der Waals surface area contributed by atoms with Gasteiger partial charge in [0, 0.05) is 22.8 Å². The number of anilines is 1. The van der Waals surface area contributed by atoms with E-state index in [9.17, 15) is 0 Å². The van der Waals surface area contributed by atoms with Gasteiger partial charge in [-0.2, -0.15) is 0 Å². The van der Waals surface area contributed by atoms with Gasteiger partial charge in [-0.3, -0.25) is 0 Å². The van der Waals surface area contributed by atoms with Gasteiger partial charge < -0.3 is 14.8 Å². The molecule has 0 fully saturated rings. The molecule has 2 aromatic rings. The molecule has 0 aromatic heterocycles. The first-order chi connectivity index (χ1) is 9.22. The molecule has 0 atom stereocenters. The summed E-state index contributed by atoms with van der Waals surface area (Å²) in [4.78, 5) is 0. The Labute approximate surface area is 118 Å². The minimum atomic E-state index is 0.640. The Balaban J connectivity index is 2.14. The molecule has 0 unspecified atom stereocenters. The van der Waals surface area contributed by atoms with Gasteiger partial charge in [-0.15, -0.1) is 0 Å².